The number of nitrogens with one attached hydrogen (secondary N) is 1. The Balaban J connectivity index is 2.05. The van der Waals surface area contributed by atoms with Gasteiger partial charge in [0.25, 0.3) is 0 Å². The van der Waals surface area contributed by atoms with Gasteiger partial charge in [-0.1, -0.05) is 48.9 Å². The fourth-order valence-corrected chi connectivity index (χ4v) is 3.43. The molecule has 0 bridgehead atoms. The Morgan fingerprint density at radius 3 is 2.57 bits per heavy atom. The van der Waals surface area contributed by atoms with E-state index in [1.807, 2.05) is 0 Å². The molecule has 0 saturated heterocycles. The predicted molar refractivity (Wildman–Crippen MR) is 97.6 cm³/mol. The molecule has 4 aromatic rings. The SMILES string of the molecule is CCc1cc(C)cc(-c2[nH+]ccc3c2ccc2ccccc23)c1. The van der Waals surface area contributed by atoms with E-state index in [4.69, 9.17) is 0 Å². The summed E-state index contributed by atoms with van der Waals surface area (Å²) in [5.74, 6) is 0. The number of pyridine rings is 1. The van der Waals surface area contributed by atoms with Gasteiger partial charge in [-0.25, -0.2) is 4.98 Å². The minimum Gasteiger partial charge on any atom is -0.211 e. The molecule has 1 aromatic heterocycles. The van der Waals surface area contributed by atoms with E-state index in [1.165, 1.54) is 43.9 Å². The first-order valence-electron chi connectivity index (χ1n) is 8.19. The summed E-state index contributed by atoms with van der Waals surface area (Å²) in [5.41, 5.74) is 5.16. The zero-order chi connectivity index (χ0) is 15.8. The molecule has 1 heterocycles. The maximum Gasteiger partial charge on any atom is 0.218 e. The fourth-order valence-electron chi connectivity index (χ4n) is 3.43. The molecule has 1 nitrogen and oxygen atoms in total. The molecule has 1 N–H and O–H groups in total. The number of aromatic amines is 1. The quantitative estimate of drug-likeness (QED) is 0.443. The summed E-state index contributed by atoms with van der Waals surface area (Å²) < 4.78 is 0. The van der Waals surface area contributed by atoms with E-state index in [0.717, 1.165) is 6.42 Å². The molecular weight excluding hydrogens is 278 g/mol. The maximum absolute atomic E-state index is 3.47. The van der Waals surface area contributed by atoms with Crippen molar-refractivity contribution in [3.05, 3.63) is 78.0 Å². The number of hydrogen-bond acceptors (Lipinski definition) is 0. The van der Waals surface area contributed by atoms with Crippen LogP contribution in [0.4, 0.5) is 0 Å². The van der Waals surface area contributed by atoms with Crippen LogP contribution in [0.5, 0.6) is 0 Å². The van der Waals surface area contributed by atoms with Gasteiger partial charge >= 0.3 is 0 Å². The number of H-pyrrole nitrogens is 1. The summed E-state index contributed by atoms with van der Waals surface area (Å²) in [5, 5.41) is 5.18. The van der Waals surface area contributed by atoms with Crippen LogP contribution in [0.15, 0.2) is 66.9 Å². The lowest BCUT2D eigenvalue weighted by Gasteiger charge is -2.07. The predicted octanol–water partition coefficient (Wildman–Crippen LogP) is 5.34. The van der Waals surface area contributed by atoms with Gasteiger partial charge in [0.2, 0.25) is 5.69 Å². The van der Waals surface area contributed by atoms with Crippen LogP contribution in [0.3, 0.4) is 0 Å². The highest BCUT2D eigenvalue weighted by Crippen LogP contribution is 2.30. The Kier molecular flexibility index (Phi) is 3.34. The second-order valence-electron chi connectivity index (χ2n) is 6.16. The van der Waals surface area contributed by atoms with E-state index in [9.17, 15) is 0 Å². The number of benzene rings is 3. The molecule has 112 valence electrons. The van der Waals surface area contributed by atoms with Crippen LogP contribution in [0.25, 0.3) is 32.8 Å². The molecule has 4 rings (SSSR count). The van der Waals surface area contributed by atoms with Crippen molar-refractivity contribution in [1.82, 2.24) is 0 Å². The summed E-state index contributed by atoms with van der Waals surface area (Å²) in [4.78, 5) is 3.47. The van der Waals surface area contributed by atoms with Crippen LogP contribution >= 0.6 is 0 Å². The largest absolute Gasteiger partial charge is 0.218 e. The topological polar surface area (TPSA) is 14.1 Å². The van der Waals surface area contributed by atoms with Gasteiger partial charge in [-0.05, 0) is 47.9 Å². The van der Waals surface area contributed by atoms with Gasteiger partial charge in [0, 0.05) is 17.0 Å². The van der Waals surface area contributed by atoms with Gasteiger partial charge in [0.05, 0.1) is 5.39 Å². The molecule has 23 heavy (non-hydrogen) atoms. The standard InChI is InChI=1S/C22H19N/c1-3-16-12-15(2)13-18(14-16)22-21-9-8-17-6-4-5-7-19(17)20(21)10-11-23-22/h4-14H,3H2,1-2H3/p+1. The molecule has 0 saturated carbocycles. The maximum atomic E-state index is 3.47. The number of fused-ring (bicyclic) bond motifs is 3. The van der Waals surface area contributed by atoms with Crippen molar-refractivity contribution < 1.29 is 4.98 Å². The third kappa shape index (κ3) is 2.39. The van der Waals surface area contributed by atoms with Crippen molar-refractivity contribution in [1.29, 1.82) is 0 Å². The Labute approximate surface area is 136 Å². The molecule has 0 fully saturated rings. The van der Waals surface area contributed by atoms with Crippen molar-refractivity contribution in [2.24, 2.45) is 0 Å². The van der Waals surface area contributed by atoms with E-state index >= 15 is 0 Å². The number of hydrogen-bond donors (Lipinski definition) is 0. The molecule has 0 spiro atoms. The second kappa shape index (κ2) is 5.51. The van der Waals surface area contributed by atoms with E-state index < -0.39 is 0 Å². The summed E-state index contributed by atoms with van der Waals surface area (Å²) in [6, 6.07) is 22.0. The summed E-state index contributed by atoms with van der Waals surface area (Å²) >= 11 is 0. The average molecular weight is 298 g/mol. The summed E-state index contributed by atoms with van der Waals surface area (Å²) in [6.07, 6.45) is 3.11. The first-order chi connectivity index (χ1) is 11.3. The van der Waals surface area contributed by atoms with Gasteiger partial charge in [-0.2, -0.15) is 0 Å². The van der Waals surface area contributed by atoms with Crippen molar-refractivity contribution in [2.45, 2.75) is 20.3 Å². The minimum atomic E-state index is 1.06. The van der Waals surface area contributed by atoms with E-state index in [0.29, 0.717) is 0 Å². The summed E-state index contributed by atoms with van der Waals surface area (Å²) in [6.45, 7) is 4.38. The van der Waals surface area contributed by atoms with Crippen LogP contribution in [0.2, 0.25) is 0 Å². The Morgan fingerprint density at radius 2 is 1.70 bits per heavy atom. The first-order valence-corrected chi connectivity index (χ1v) is 8.19. The van der Waals surface area contributed by atoms with E-state index in [-0.39, 0.29) is 0 Å². The Bertz CT molecular complexity index is 1010. The van der Waals surface area contributed by atoms with Gasteiger partial charge in [0.1, 0.15) is 0 Å². The van der Waals surface area contributed by atoms with E-state index in [2.05, 4.69) is 85.7 Å². The van der Waals surface area contributed by atoms with Crippen molar-refractivity contribution in [3.8, 4) is 11.3 Å². The molecule has 0 amide bonds. The molecular formula is C22H20N+. The molecule has 0 unspecified atom stereocenters. The van der Waals surface area contributed by atoms with Gasteiger partial charge in [-0.15, -0.1) is 0 Å². The van der Waals surface area contributed by atoms with Crippen molar-refractivity contribution in [3.63, 3.8) is 0 Å². The summed E-state index contributed by atoms with van der Waals surface area (Å²) in [7, 11) is 0. The monoisotopic (exact) mass is 298 g/mol. The molecule has 0 atom stereocenters. The Hall–Kier alpha value is -2.67. The lowest BCUT2D eigenvalue weighted by molar-refractivity contribution is -0.362. The molecule has 3 aromatic carbocycles. The highest BCUT2D eigenvalue weighted by atomic mass is 14.7. The highest BCUT2D eigenvalue weighted by Gasteiger charge is 2.13. The Morgan fingerprint density at radius 1 is 0.826 bits per heavy atom. The third-order valence-electron chi connectivity index (χ3n) is 4.55. The number of aryl methyl sites for hydroxylation is 2. The lowest BCUT2D eigenvalue weighted by atomic mass is 9.96. The van der Waals surface area contributed by atoms with E-state index in [1.54, 1.807) is 0 Å². The van der Waals surface area contributed by atoms with Crippen LogP contribution in [0.1, 0.15) is 18.1 Å². The number of aromatic nitrogens is 1. The van der Waals surface area contributed by atoms with Crippen molar-refractivity contribution in [2.75, 3.05) is 0 Å². The second-order valence-corrected chi connectivity index (χ2v) is 6.16. The minimum absolute atomic E-state index is 1.06. The van der Waals surface area contributed by atoms with Crippen LogP contribution in [-0.4, -0.2) is 0 Å². The van der Waals surface area contributed by atoms with Crippen LogP contribution in [0, 0.1) is 6.92 Å². The van der Waals surface area contributed by atoms with Gasteiger partial charge < -0.3 is 0 Å². The van der Waals surface area contributed by atoms with Gasteiger partial charge in [-0.3, -0.25) is 0 Å². The highest BCUT2D eigenvalue weighted by molar-refractivity contribution is 6.10. The van der Waals surface area contributed by atoms with Gasteiger partial charge in [0.15, 0.2) is 6.20 Å². The number of rotatable bonds is 2. The molecule has 0 aliphatic rings. The molecule has 0 aliphatic carbocycles. The molecule has 1 heteroatoms. The smallest absolute Gasteiger partial charge is 0.211 e. The normalized spacial score (nSPS) is 11.2. The molecule has 0 radical (unpaired) electrons. The fraction of sp³-hybridized carbons (Fsp3) is 0.136. The van der Waals surface area contributed by atoms with Crippen molar-refractivity contribution >= 4 is 21.5 Å². The third-order valence-corrected chi connectivity index (χ3v) is 4.55. The average Bonchev–Trinajstić information content (AvgIpc) is 2.60. The first kappa shape index (κ1) is 14.0. The lowest BCUT2D eigenvalue weighted by Crippen LogP contribution is -2.06. The van der Waals surface area contributed by atoms with Crippen LogP contribution in [-0.2, 0) is 6.42 Å². The zero-order valence-electron chi connectivity index (χ0n) is 13.6. The van der Waals surface area contributed by atoms with Crippen LogP contribution < -0.4 is 4.98 Å². The zero-order valence-corrected chi connectivity index (χ0v) is 13.6. The molecule has 0 aliphatic heterocycles.